The predicted molar refractivity (Wildman–Crippen MR) is 386 cm³/mol. The topological polar surface area (TPSA) is 399 Å². The van der Waals surface area contributed by atoms with Crippen LogP contribution < -0.4 is 26.0 Å². The molecule has 3 rings (SSSR count). The Morgan fingerprint density at radius 1 is 0.760 bits per heavy atom. The number of carboxylic acid groups (broad SMARTS) is 1. The molecule has 30 heteroatoms. The molecule has 0 saturated carbocycles. The number of esters is 2. The van der Waals surface area contributed by atoms with Crippen LogP contribution in [0.15, 0.2) is 54.6 Å². The maximum atomic E-state index is 14.4. The predicted octanol–water partition coefficient (Wildman–Crippen LogP) is 6.45. The van der Waals surface area contributed by atoms with E-state index in [0.717, 1.165) is 10.5 Å². The van der Waals surface area contributed by atoms with Gasteiger partial charge >= 0.3 is 17.9 Å². The van der Waals surface area contributed by atoms with E-state index in [0.29, 0.717) is 67.8 Å². The fourth-order valence-corrected chi connectivity index (χ4v) is 12.0. The zero-order valence-electron chi connectivity index (χ0n) is 62.0. The Hall–Kier alpha value is -7.25. The number of aliphatic hydroxyl groups excluding tert-OH is 1. The van der Waals surface area contributed by atoms with E-state index in [1.807, 2.05) is 26.0 Å². The average molecular weight is 1510 g/mol. The first-order valence-corrected chi connectivity index (χ1v) is 37.7. The Bertz CT molecular complexity index is 3240. The number of carboxylic acids is 1. The summed E-state index contributed by atoms with van der Waals surface area (Å²) < 4.78 is 69.7. The molecule has 0 fully saturated rings. The number of ketones is 3. The van der Waals surface area contributed by atoms with Crippen molar-refractivity contribution in [1.29, 1.82) is 0 Å². The molecular weight excluding hydrogens is 1390 g/mol. The molecule has 0 aromatic heterocycles. The summed E-state index contributed by atoms with van der Waals surface area (Å²) in [5.74, 6) is -9.71. The van der Waals surface area contributed by atoms with Crippen LogP contribution >= 0.6 is 11.6 Å². The standard InChI is InChI=1S/C74H112ClN5O23S/c1-48(2)43-63-72(92)102-61(17-13-18-65(85)78-58(45-53-22-27-62(98-10)57(75)44-53)71(91)77-47-74(7,8)73(93)103-63)51(6)70(90)50(5)54-23-19-52(20-24-54)21-26-59(82)55(15-11-12-32-76-64(84)31-35-99-38-39-101-41-40-100-37-36-97-9)46-60(83)69(49(3)4)79-66(86)29-33-80(34-30-68(88)89)67(87)28-25-56(81)16-14-42-104(94,95)96/h13,18-20,22-24,27,44,48-51,55,58,61,63,69-70,90H,11-12,14-17,21,25-26,28-43,45-47H2,1-10H3,(H,76,84)(H,77,91)(H,78,85)(H,79,86)(H,88,89)(H,94,95,96)/b18-13+/t50-,51+,55-,58-,61+,63+,69+,70+/m1/s1. The van der Waals surface area contributed by atoms with E-state index in [1.54, 1.807) is 79.0 Å². The molecule has 2 aromatic carbocycles. The van der Waals surface area contributed by atoms with Crippen molar-refractivity contribution in [2.24, 2.45) is 29.1 Å². The number of aryl methyl sites for hydroxylation is 1. The van der Waals surface area contributed by atoms with Crippen molar-refractivity contribution in [3.8, 4) is 5.75 Å². The van der Waals surface area contributed by atoms with E-state index >= 15 is 0 Å². The summed E-state index contributed by atoms with van der Waals surface area (Å²) in [5.41, 5.74) is 0.704. The van der Waals surface area contributed by atoms with E-state index in [2.05, 4.69) is 21.3 Å². The second kappa shape index (κ2) is 48.1. The van der Waals surface area contributed by atoms with Gasteiger partial charge in [-0.25, -0.2) is 4.79 Å². The molecule has 0 bridgehead atoms. The summed E-state index contributed by atoms with van der Waals surface area (Å²) in [4.78, 5) is 149. The maximum absolute atomic E-state index is 14.4. The molecule has 5 amide bonds. The summed E-state index contributed by atoms with van der Waals surface area (Å²) in [6.45, 7) is 15.8. The van der Waals surface area contributed by atoms with Crippen LogP contribution in [0.1, 0.15) is 168 Å². The smallest absolute Gasteiger partial charge is 0.347 e. The van der Waals surface area contributed by atoms with Gasteiger partial charge in [0.25, 0.3) is 10.1 Å². The molecule has 2 aromatic rings. The third-order valence-corrected chi connectivity index (χ3v) is 18.8. The van der Waals surface area contributed by atoms with E-state index in [9.17, 15) is 71.4 Å². The zero-order chi connectivity index (χ0) is 77.5. The lowest BCUT2D eigenvalue weighted by Gasteiger charge is -2.33. The van der Waals surface area contributed by atoms with Gasteiger partial charge in [0.2, 0.25) is 29.5 Å². The molecule has 104 heavy (non-hydrogen) atoms. The Morgan fingerprint density at radius 3 is 2.02 bits per heavy atom. The Morgan fingerprint density at radius 2 is 1.40 bits per heavy atom. The zero-order valence-corrected chi connectivity index (χ0v) is 63.6. The van der Waals surface area contributed by atoms with E-state index < -0.39 is 135 Å². The second-order valence-electron chi connectivity index (χ2n) is 27.6. The highest BCUT2D eigenvalue weighted by Gasteiger charge is 2.39. The molecule has 1 aliphatic rings. The lowest BCUT2D eigenvalue weighted by atomic mass is 9.83. The van der Waals surface area contributed by atoms with E-state index in [-0.39, 0.29) is 140 Å². The fraction of sp³-hybridized carbons (Fsp3) is 0.662. The normalized spacial score (nSPS) is 17.8. The van der Waals surface area contributed by atoms with Gasteiger partial charge in [-0.05, 0) is 92.7 Å². The largest absolute Gasteiger partial charge is 0.495 e. The highest BCUT2D eigenvalue weighted by molar-refractivity contribution is 7.85. The van der Waals surface area contributed by atoms with Gasteiger partial charge in [0.15, 0.2) is 11.9 Å². The monoisotopic (exact) mass is 1510 g/mol. The minimum Gasteiger partial charge on any atom is -0.495 e. The number of halogens is 1. The summed E-state index contributed by atoms with van der Waals surface area (Å²) in [6.07, 6.45) is -1.39. The fourth-order valence-electron chi connectivity index (χ4n) is 11.3. The number of aliphatic hydroxyl groups is 1. The summed E-state index contributed by atoms with van der Waals surface area (Å²) in [7, 11) is -1.24. The van der Waals surface area contributed by atoms with Gasteiger partial charge in [-0.1, -0.05) is 96.0 Å². The molecule has 28 nitrogen and oxygen atoms in total. The molecule has 8 atom stereocenters. The minimum atomic E-state index is -4.29. The Labute approximate surface area is 616 Å². The SMILES string of the molecule is COCCOCCOCCOCCC(=O)NCCCC[C@H](CC(=O)[C@@H](NC(=O)CCN(CCC(=O)O)C(=O)CCC(=O)CCCS(=O)(=O)O)C(C)C)C(=O)CCc1ccc([C@@H](C)[C@H](O)[C@@H](C)[C@@H]2C/C=C/C(=O)N[C@H](Cc3ccc(OC)c(Cl)c3)C(=O)NCC(C)(C)C(=O)O[C@@H](CC(C)C)C(=O)O2)cc1. The van der Waals surface area contributed by atoms with Crippen molar-refractivity contribution in [3.05, 3.63) is 76.3 Å². The van der Waals surface area contributed by atoms with Crippen LogP contribution in [-0.2, 0) is 104 Å². The molecule has 0 radical (unpaired) electrons. The van der Waals surface area contributed by atoms with Gasteiger partial charge in [-0.2, -0.15) is 8.42 Å². The molecule has 0 spiro atoms. The first-order chi connectivity index (χ1) is 49.1. The summed E-state index contributed by atoms with van der Waals surface area (Å²) in [5, 5.41) is 32.9. The van der Waals surface area contributed by atoms with Gasteiger partial charge < -0.3 is 69.5 Å². The summed E-state index contributed by atoms with van der Waals surface area (Å²) >= 11 is 6.41. The Kier molecular flexibility index (Phi) is 42.0. The lowest BCUT2D eigenvalue weighted by molar-refractivity contribution is -0.180. The van der Waals surface area contributed by atoms with E-state index in [1.165, 1.54) is 19.3 Å². The van der Waals surface area contributed by atoms with Gasteiger partial charge in [0.05, 0.1) is 88.1 Å². The van der Waals surface area contributed by atoms with Crippen LogP contribution in [-0.4, -0.2) is 216 Å². The second-order valence-corrected chi connectivity index (χ2v) is 29.6. The number of hydrogen-bond acceptors (Lipinski definition) is 21. The third-order valence-electron chi connectivity index (χ3n) is 17.7. The highest BCUT2D eigenvalue weighted by atomic mass is 35.5. The van der Waals surface area contributed by atoms with Gasteiger partial charge in [-0.3, -0.25) is 52.5 Å². The summed E-state index contributed by atoms with van der Waals surface area (Å²) in [6, 6.07) is 10.00. The van der Waals surface area contributed by atoms with Crippen LogP contribution in [0.3, 0.4) is 0 Å². The van der Waals surface area contributed by atoms with Crippen molar-refractivity contribution in [2.75, 3.05) is 92.4 Å². The van der Waals surface area contributed by atoms with Crippen molar-refractivity contribution >= 4 is 86.5 Å². The first-order valence-electron chi connectivity index (χ1n) is 35.7. The van der Waals surface area contributed by atoms with Gasteiger partial charge in [0.1, 0.15) is 29.5 Å². The first kappa shape index (κ1) is 91.0. The number of cyclic esters (lactones) is 2. The molecule has 0 saturated heterocycles. The quantitative estimate of drug-likeness (QED) is 0.0212. The van der Waals surface area contributed by atoms with Crippen LogP contribution in [0, 0.1) is 29.1 Å². The van der Waals surface area contributed by atoms with E-state index in [4.69, 9.17) is 49.3 Å². The molecule has 1 heterocycles. The number of nitrogens with one attached hydrogen (secondary N) is 4. The molecule has 1 aliphatic heterocycles. The number of methoxy groups -OCH3 is 2. The number of hydrogen-bond donors (Lipinski definition) is 7. The van der Waals surface area contributed by atoms with Crippen LogP contribution in [0.2, 0.25) is 5.02 Å². The molecular formula is C74H112ClN5O23S. The highest BCUT2D eigenvalue weighted by Crippen LogP contribution is 2.31. The number of ether oxygens (including phenoxy) is 7. The number of unbranched alkanes of at least 4 members (excludes halogenated alkanes) is 1. The average Bonchev–Trinajstić information content (AvgIpc) is 0.839. The number of aliphatic carboxylic acids is 1. The number of Topliss-reactive ketones (excluding diaryl/α,β-unsaturated/α-hetero) is 3. The number of rotatable bonds is 48. The molecule has 0 aliphatic carbocycles. The van der Waals surface area contributed by atoms with Gasteiger partial charge in [-0.15, -0.1) is 0 Å². The van der Waals surface area contributed by atoms with Crippen molar-refractivity contribution < 1.29 is 109 Å². The van der Waals surface area contributed by atoms with Crippen molar-refractivity contribution in [1.82, 2.24) is 26.2 Å². The number of amides is 5. The third kappa shape index (κ3) is 36.2. The number of carbonyl (C=O) groups is 11. The number of benzene rings is 2. The van der Waals surface area contributed by atoms with Crippen LogP contribution in [0.4, 0.5) is 0 Å². The molecule has 0 unspecified atom stereocenters. The maximum Gasteiger partial charge on any atom is 0.347 e. The van der Waals surface area contributed by atoms with Crippen LogP contribution in [0.25, 0.3) is 0 Å². The lowest BCUT2D eigenvalue weighted by Crippen LogP contribution is -2.51. The van der Waals surface area contributed by atoms with Crippen molar-refractivity contribution in [3.63, 3.8) is 0 Å². The number of carbonyl (C=O) groups excluding carboxylic acids is 10. The Balaban J connectivity index is 1.81. The molecule has 584 valence electrons. The number of nitrogens with zero attached hydrogens (tertiary/aromatic N) is 1. The van der Waals surface area contributed by atoms with Crippen LogP contribution in [0.5, 0.6) is 5.75 Å². The van der Waals surface area contributed by atoms with Crippen molar-refractivity contribution in [2.45, 2.75) is 194 Å². The van der Waals surface area contributed by atoms with Gasteiger partial charge in [0, 0.05) is 109 Å². The molecule has 7 N–H and O–H groups in total. The minimum absolute atomic E-state index is 0.0140.